The molecule has 0 aliphatic carbocycles. The van der Waals surface area contributed by atoms with Gasteiger partial charge in [-0.3, -0.25) is 14.7 Å². The molecule has 3 aromatic rings. The fraction of sp³-hybridized carbons (Fsp3) is 0.348. The number of amides is 1. The maximum absolute atomic E-state index is 13.1. The molecule has 1 saturated heterocycles. The molecule has 1 amide bonds. The van der Waals surface area contributed by atoms with Gasteiger partial charge in [-0.1, -0.05) is 11.6 Å². The molecule has 1 spiro atoms. The zero-order valence-electron chi connectivity index (χ0n) is 17.3. The molecular formula is C23H22ClN3O4. The Labute approximate surface area is 184 Å². The number of ether oxygens (including phenoxy) is 2. The average Bonchev–Trinajstić information content (AvgIpc) is 3.22. The standard InChI is InChI=1S/C23H22ClN3O4/c1-13-7-14(8-15-12-25-26-21(13)15)22(29)27-5-3-23(4-6-27)11-17(28)20-18(30-2)9-16(24)10-19(20)31-23/h7-10,12H,3-6,11H2,1-2H3,(H,25,26). The van der Waals surface area contributed by atoms with E-state index in [4.69, 9.17) is 21.1 Å². The normalized spacial score (nSPS) is 17.5. The molecule has 0 bridgehead atoms. The van der Waals surface area contributed by atoms with Crippen LogP contribution in [-0.2, 0) is 0 Å². The minimum absolute atomic E-state index is 0.0180. The van der Waals surface area contributed by atoms with Crippen LogP contribution in [0.4, 0.5) is 0 Å². The zero-order valence-corrected chi connectivity index (χ0v) is 18.1. The predicted molar refractivity (Wildman–Crippen MR) is 116 cm³/mol. The number of nitrogens with zero attached hydrogens (tertiary/aromatic N) is 2. The molecule has 0 atom stereocenters. The van der Waals surface area contributed by atoms with Crippen LogP contribution in [0.1, 0.15) is 45.5 Å². The van der Waals surface area contributed by atoms with Gasteiger partial charge < -0.3 is 14.4 Å². The molecule has 5 rings (SSSR count). The fourth-order valence-corrected chi connectivity index (χ4v) is 4.86. The van der Waals surface area contributed by atoms with E-state index in [1.54, 1.807) is 18.3 Å². The highest BCUT2D eigenvalue weighted by atomic mass is 35.5. The Balaban J connectivity index is 1.36. The monoisotopic (exact) mass is 439 g/mol. The third kappa shape index (κ3) is 3.33. The van der Waals surface area contributed by atoms with Crippen LogP contribution >= 0.6 is 11.6 Å². The van der Waals surface area contributed by atoms with E-state index in [-0.39, 0.29) is 18.1 Å². The van der Waals surface area contributed by atoms with Gasteiger partial charge in [0.05, 0.1) is 25.2 Å². The summed E-state index contributed by atoms with van der Waals surface area (Å²) in [5.41, 5.74) is 2.39. The SMILES string of the molecule is COc1cc(Cl)cc2c1C(=O)CC1(CCN(C(=O)c3cc(C)c4[nH]ncc4c3)CC1)O2. The quantitative estimate of drug-likeness (QED) is 0.647. The number of methoxy groups -OCH3 is 1. The highest BCUT2D eigenvalue weighted by Gasteiger charge is 2.45. The van der Waals surface area contributed by atoms with Crippen molar-refractivity contribution in [1.82, 2.24) is 15.1 Å². The number of rotatable bonds is 2. The van der Waals surface area contributed by atoms with Crippen LogP contribution in [0, 0.1) is 6.92 Å². The number of aryl methyl sites for hydroxylation is 1. The van der Waals surface area contributed by atoms with Crippen LogP contribution in [0.3, 0.4) is 0 Å². The number of benzene rings is 2. The first kappa shape index (κ1) is 19.9. The van der Waals surface area contributed by atoms with E-state index in [0.717, 1.165) is 16.5 Å². The van der Waals surface area contributed by atoms with Crippen molar-refractivity contribution in [3.63, 3.8) is 0 Å². The molecule has 1 fully saturated rings. The van der Waals surface area contributed by atoms with Gasteiger partial charge in [-0.05, 0) is 36.8 Å². The van der Waals surface area contributed by atoms with Gasteiger partial charge in [0.1, 0.15) is 22.7 Å². The van der Waals surface area contributed by atoms with E-state index < -0.39 is 5.60 Å². The van der Waals surface area contributed by atoms with Crippen molar-refractivity contribution in [2.45, 2.75) is 31.8 Å². The third-order valence-corrected chi connectivity index (χ3v) is 6.51. The molecule has 0 saturated carbocycles. The summed E-state index contributed by atoms with van der Waals surface area (Å²) in [4.78, 5) is 27.9. The summed E-state index contributed by atoms with van der Waals surface area (Å²) in [7, 11) is 1.51. The van der Waals surface area contributed by atoms with E-state index in [1.807, 2.05) is 24.0 Å². The molecule has 2 aliphatic heterocycles. The number of halogens is 1. The number of carbonyl (C=O) groups is 2. The third-order valence-electron chi connectivity index (χ3n) is 6.29. The largest absolute Gasteiger partial charge is 0.496 e. The van der Waals surface area contributed by atoms with Crippen LogP contribution < -0.4 is 9.47 Å². The summed E-state index contributed by atoms with van der Waals surface area (Å²) in [5.74, 6) is 0.852. The van der Waals surface area contributed by atoms with Gasteiger partial charge in [0.15, 0.2) is 5.78 Å². The lowest BCUT2D eigenvalue weighted by molar-refractivity contribution is -0.00598. The maximum Gasteiger partial charge on any atom is 0.253 e. The highest BCUT2D eigenvalue weighted by molar-refractivity contribution is 6.31. The second-order valence-corrected chi connectivity index (χ2v) is 8.72. The second kappa shape index (κ2) is 7.27. The number of hydrogen-bond donors (Lipinski definition) is 1. The van der Waals surface area contributed by atoms with Crippen molar-refractivity contribution >= 4 is 34.2 Å². The molecule has 1 N–H and O–H groups in total. The number of aromatic amines is 1. The molecule has 7 nitrogen and oxygen atoms in total. The van der Waals surface area contributed by atoms with Crippen LogP contribution in [0.5, 0.6) is 11.5 Å². The summed E-state index contributed by atoms with van der Waals surface area (Å²) in [6.07, 6.45) is 3.14. The van der Waals surface area contributed by atoms with Crippen LogP contribution in [-0.4, -0.2) is 52.6 Å². The average molecular weight is 440 g/mol. The number of aromatic nitrogens is 2. The van der Waals surface area contributed by atoms with Gasteiger partial charge >= 0.3 is 0 Å². The lowest BCUT2D eigenvalue weighted by Crippen LogP contribution is -2.52. The van der Waals surface area contributed by atoms with E-state index in [0.29, 0.717) is 53.6 Å². The van der Waals surface area contributed by atoms with Crippen LogP contribution in [0.25, 0.3) is 10.9 Å². The number of H-pyrrole nitrogens is 1. The van der Waals surface area contributed by atoms with E-state index in [1.165, 1.54) is 7.11 Å². The van der Waals surface area contributed by atoms with Crippen molar-refractivity contribution < 1.29 is 19.1 Å². The number of ketones is 1. The van der Waals surface area contributed by atoms with Crippen molar-refractivity contribution in [3.05, 3.63) is 52.2 Å². The molecule has 3 heterocycles. The number of fused-ring (bicyclic) bond motifs is 2. The lowest BCUT2D eigenvalue weighted by atomic mass is 9.82. The number of piperidine rings is 1. The van der Waals surface area contributed by atoms with E-state index >= 15 is 0 Å². The molecule has 0 unspecified atom stereocenters. The number of nitrogens with one attached hydrogen (secondary N) is 1. The Morgan fingerprint density at radius 3 is 2.77 bits per heavy atom. The molecule has 8 heteroatoms. The van der Waals surface area contributed by atoms with E-state index in [2.05, 4.69) is 10.2 Å². The molecule has 2 aliphatic rings. The molecule has 2 aromatic carbocycles. The molecule has 1 aromatic heterocycles. The number of hydrogen-bond acceptors (Lipinski definition) is 5. The number of Topliss-reactive ketones (excluding diaryl/α,β-unsaturated/α-hetero) is 1. The summed E-state index contributed by atoms with van der Waals surface area (Å²) < 4.78 is 11.6. The van der Waals surface area contributed by atoms with Crippen molar-refractivity contribution in [2.24, 2.45) is 0 Å². The van der Waals surface area contributed by atoms with Gasteiger partial charge in [-0.15, -0.1) is 0 Å². The minimum atomic E-state index is -0.624. The Hall–Kier alpha value is -3.06. The van der Waals surface area contributed by atoms with Gasteiger partial charge in [-0.25, -0.2) is 0 Å². The first-order valence-electron chi connectivity index (χ1n) is 10.2. The maximum atomic E-state index is 13.1. The Bertz CT molecular complexity index is 1210. The fourth-order valence-electron chi connectivity index (χ4n) is 4.66. The summed E-state index contributed by atoms with van der Waals surface area (Å²) in [6.45, 7) is 2.99. The first-order chi connectivity index (χ1) is 14.9. The summed E-state index contributed by atoms with van der Waals surface area (Å²) in [6, 6.07) is 7.04. The van der Waals surface area contributed by atoms with Gasteiger partial charge in [0.25, 0.3) is 5.91 Å². The topological polar surface area (TPSA) is 84.5 Å². The van der Waals surface area contributed by atoms with Crippen molar-refractivity contribution in [1.29, 1.82) is 0 Å². The van der Waals surface area contributed by atoms with Gasteiger partial charge in [-0.2, -0.15) is 5.10 Å². The second-order valence-electron chi connectivity index (χ2n) is 8.29. The zero-order chi connectivity index (χ0) is 21.8. The van der Waals surface area contributed by atoms with Crippen LogP contribution in [0.2, 0.25) is 5.02 Å². The molecule has 160 valence electrons. The van der Waals surface area contributed by atoms with Crippen LogP contribution in [0.15, 0.2) is 30.5 Å². The predicted octanol–water partition coefficient (Wildman–Crippen LogP) is 4.17. The van der Waals surface area contributed by atoms with E-state index in [9.17, 15) is 9.59 Å². The Kier molecular flexibility index (Phi) is 4.66. The molecule has 0 radical (unpaired) electrons. The minimum Gasteiger partial charge on any atom is -0.496 e. The molecule has 31 heavy (non-hydrogen) atoms. The Morgan fingerprint density at radius 2 is 2.03 bits per heavy atom. The van der Waals surface area contributed by atoms with Gasteiger partial charge in [0.2, 0.25) is 0 Å². The lowest BCUT2D eigenvalue weighted by Gasteiger charge is -2.44. The number of carbonyl (C=O) groups excluding carboxylic acids is 2. The summed E-state index contributed by atoms with van der Waals surface area (Å²) in [5, 5.41) is 8.39. The van der Waals surface area contributed by atoms with Crippen molar-refractivity contribution in [2.75, 3.05) is 20.2 Å². The molecular weight excluding hydrogens is 418 g/mol. The first-order valence-corrected chi connectivity index (χ1v) is 10.6. The summed E-state index contributed by atoms with van der Waals surface area (Å²) >= 11 is 6.18. The van der Waals surface area contributed by atoms with Crippen molar-refractivity contribution in [3.8, 4) is 11.5 Å². The Morgan fingerprint density at radius 1 is 1.26 bits per heavy atom. The highest BCUT2D eigenvalue weighted by Crippen LogP contribution is 2.44. The number of likely N-dealkylation sites (tertiary alicyclic amines) is 1. The smallest absolute Gasteiger partial charge is 0.253 e. The van der Waals surface area contributed by atoms with Gasteiger partial charge in [0, 0.05) is 41.9 Å².